The van der Waals surface area contributed by atoms with Gasteiger partial charge in [0.1, 0.15) is 0 Å². The quantitative estimate of drug-likeness (QED) is 0.712. The van der Waals surface area contributed by atoms with Crippen LogP contribution in [0.15, 0.2) is 53.4 Å². The Bertz CT molecular complexity index is 543. The van der Waals surface area contributed by atoms with Gasteiger partial charge >= 0.3 is 0 Å². The van der Waals surface area contributed by atoms with E-state index in [2.05, 4.69) is 10.3 Å². The predicted molar refractivity (Wildman–Crippen MR) is 63.3 cm³/mol. The number of nitrogens with one attached hydrogen (secondary N) is 1. The number of carbonyl (C=O) groups excluding carboxylic acids is 1. The van der Waals surface area contributed by atoms with Gasteiger partial charge in [-0.15, -0.1) is 0 Å². The van der Waals surface area contributed by atoms with E-state index in [1.54, 1.807) is 12.4 Å². The lowest BCUT2D eigenvalue weighted by molar-refractivity contribution is -0.111. The van der Waals surface area contributed by atoms with Gasteiger partial charge in [0.2, 0.25) is 0 Å². The summed E-state index contributed by atoms with van der Waals surface area (Å²) in [5.41, 5.74) is 2.52. The standard InChI is InChI=1S/C12H9N3O/c16-12-7-9-8-13-5-6-15(9)11-4-2-1-3-10(11)14-12/h1-8H,(H,14,16). The first kappa shape index (κ1) is 8.91. The summed E-state index contributed by atoms with van der Waals surface area (Å²) in [6.45, 7) is 0. The third kappa shape index (κ3) is 1.32. The van der Waals surface area contributed by atoms with Gasteiger partial charge in [-0.2, -0.15) is 0 Å². The molecule has 0 spiro atoms. The van der Waals surface area contributed by atoms with Gasteiger partial charge in [-0.3, -0.25) is 9.79 Å². The molecule has 0 aromatic heterocycles. The molecule has 2 heterocycles. The van der Waals surface area contributed by atoms with E-state index in [-0.39, 0.29) is 5.91 Å². The summed E-state index contributed by atoms with van der Waals surface area (Å²) >= 11 is 0. The number of benzene rings is 1. The molecule has 3 rings (SSSR count). The molecule has 1 N–H and O–H groups in total. The molecule has 0 radical (unpaired) electrons. The maximum atomic E-state index is 11.6. The molecular formula is C12H9N3O. The number of aliphatic imine (C=N–C) groups is 1. The average Bonchev–Trinajstić information content (AvgIpc) is 2.44. The average molecular weight is 211 g/mol. The van der Waals surface area contributed by atoms with Crippen LogP contribution in [0.2, 0.25) is 0 Å². The van der Waals surface area contributed by atoms with Gasteiger partial charge in [-0.1, -0.05) is 12.1 Å². The molecule has 4 heteroatoms. The van der Waals surface area contributed by atoms with Crippen molar-refractivity contribution < 1.29 is 4.79 Å². The Hall–Kier alpha value is -2.36. The minimum Gasteiger partial charge on any atom is -0.321 e. The van der Waals surface area contributed by atoms with E-state index in [0.29, 0.717) is 0 Å². The minimum atomic E-state index is -0.133. The summed E-state index contributed by atoms with van der Waals surface area (Å²) in [5.74, 6) is -0.133. The van der Waals surface area contributed by atoms with Crippen molar-refractivity contribution in [2.24, 2.45) is 4.99 Å². The zero-order valence-corrected chi connectivity index (χ0v) is 8.42. The zero-order valence-electron chi connectivity index (χ0n) is 8.42. The number of para-hydroxylation sites is 2. The molecule has 1 aromatic rings. The van der Waals surface area contributed by atoms with E-state index >= 15 is 0 Å². The number of hydrogen-bond acceptors (Lipinski definition) is 3. The summed E-state index contributed by atoms with van der Waals surface area (Å²) < 4.78 is 0. The van der Waals surface area contributed by atoms with Crippen LogP contribution in [-0.2, 0) is 4.79 Å². The Morgan fingerprint density at radius 3 is 3.06 bits per heavy atom. The van der Waals surface area contributed by atoms with Crippen molar-refractivity contribution in [1.82, 2.24) is 0 Å². The lowest BCUT2D eigenvalue weighted by Crippen LogP contribution is -2.18. The van der Waals surface area contributed by atoms with Crippen LogP contribution in [0.5, 0.6) is 0 Å². The molecule has 0 unspecified atom stereocenters. The zero-order chi connectivity index (χ0) is 11.0. The first-order chi connectivity index (χ1) is 7.84. The Morgan fingerprint density at radius 2 is 2.12 bits per heavy atom. The highest BCUT2D eigenvalue weighted by Gasteiger charge is 2.19. The van der Waals surface area contributed by atoms with Crippen LogP contribution in [0.1, 0.15) is 0 Å². The number of rotatable bonds is 0. The fraction of sp³-hybridized carbons (Fsp3) is 0. The number of allylic oxidation sites excluding steroid dienone is 1. The Kier molecular flexibility index (Phi) is 1.86. The summed E-state index contributed by atoms with van der Waals surface area (Å²) in [6.07, 6.45) is 6.74. The summed E-state index contributed by atoms with van der Waals surface area (Å²) in [5, 5.41) is 2.83. The highest BCUT2D eigenvalue weighted by molar-refractivity contribution is 6.09. The summed E-state index contributed by atoms with van der Waals surface area (Å²) in [7, 11) is 0. The SMILES string of the molecule is O=C1C=C2C=NC=CN2c2ccccc2N1. The molecule has 2 aliphatic heterocycles. The van der Waals surface area contributed by atoms with Crippen molar-refractivity contribution >= 4 is 23.5 Å². The minimum absolute atomic E-state index is 0.133. The van der Waals surface area contributed by atoms with Gasteiger partial charge in [0.15, 0.2) is 0 Å². The van der Waals surface area contributed by atoms with E-state index in [0.717, 1.165) is 17.1 Å². The van der Waals surface area contributed by atoms with Gasteiger partial charge in [-0.05, 0) is 12.1 Å². The predicted octanol–water partition coefficient (Wildman–Crippen LogP) is 1.88. The smallest absolute Gasteiger partial charge is 0.250 e. The van der Waals surface area contributed by atoms with Crippen molar-refractivity contribution in [3.05, 3.63) is 48.4 Å². The van der Waals surface area contributed by atoms with Gasteiger partial charge < -0.3 is 10.2 Å². The first-order valence-corrected chi connectivity index (χ1v) is 4.95. The van der Waals surface area contributed by atoms with Crippen LogP contribution in [0, 0.1) is 0 Å². The molecule has 1 amide bonds. The van der Waals surface area contributed by atoms with Crippen molar-refractivity contribution in [3.8, 4) is 0 Å². The molecule has 4 nitrogen and oxygen atoms in total. The molecular weight excluding hydrogens is 202 g/mol. The second kappa shape index (κ2) is 3.34. The second-order valence-electron chi connectivity index (χ2n) is 3.52. The van der Waals surface area contributed by atoms with Gasteiger partial charge in [0.25, 0.3) is 5.91 Å². The van der Waals surface area contributed by atoms with Crippen molar-refractivity contribution in [1.29, 1.82) is 0 Å². The van der Waals surface area contributed by atoms with E-state index in [9.17, 15) is 4.79 Å². The molecule has 2 aliphatic rings. The summed E-state index contributed by atoms with van der Waals surface area (Å²) in [4.78, 5) is 17.5. The van der Waals surface area contributed by atoms with Crippen LogP contribution >= 0.6 is 0 Å². The third-order valence-electron chi connectivity index (χ3n) is 2.49. The topological polar surface area (TPSA) is 44.7 Å². The molecule has 0 saturated carbocycles. The maximum absolute atomic E-state index is 11.6. The van der Waals surface area contributed by atoms with Crippen LogP contribution in [-0.4, -0.2) is 12.1 Å². The molecule has 0 aliphatic carbocycles. The fourth-order valence-electron chi connectivity index (χ4n) is 1.79. The van der Waals surface area contributed by atoms with E-state index in [1.807, 2.05) is 35.4 Å². The number of carbonyl (C=O) groups is 1. The van der Waals surface area contributed by atoms with Crippen LogP contribution in [0.3, 0.4) is 0 Å². The molecule has 0 bridgehead atoms. The first-order valence-electron chi connectivity index (χ1n) is 4.95. The molecule has 1 aromatic carbocycles. The number of anilines is 2. The molecule has 16 heavy (non-hydrogen) atoms. The normalized spacial score (nSPS) is 17.1. The van der Waals surface area contributed by atoms with Crippen LogP contribution in [0.4, 0.5) is 11.4 Å². The molecule has 78 valence electrons. The highest BCUT2D eigenvalue weighted by atomic mass is 16.1. The van der Waals surface area contributed by atoms with Gasteiger partial charge in [-0.25, -0.2) is 0 Å². The van der Waals surface area contributed by atoms with E-state index < -0.39 is 0 Å². The maximum Gasteiger partial charge on any atom is 0.250 e. The number of hydrogen-bond donors (Lipinski definition) is 1. The lowest BCUT2D eigenvalue weighted by atomic mass is 10.2. The number of fused-ring (bicyclic) bond motifs is 3. The summed E-state index contributed by atoms with van der Waals surface area (Å²) in [6, 6.07) is 7.67. The Balaban J connectivity index is 2.20. The fourth-order valence-corrected chi connectivity index (χ4v) is 1.79. The van der Waals surface area contributed by atoms with Crippen LogP contribution < -0.4 is 10.2 Å². The van der Waals surface area contributed by atoms with E-state index in [1.165, 1.54) is 6.08 Å². The Labute approximate surface area is 92.6 Å². The van der Waals surface area contributed by atoms with Crippen LogP contribution in [0.25, 0.3) is 0 Å². The number of nitrogens with zero attached hydrogens (tertiary/aromatic N) is 2. The highest BCUT2D eigenvalue weighted by Crippen LogP contribution is 2.31. The van der Waals surface area contributed by atoms with Crippen molar-refractivity contribution in [2.75, 3.05) is 10.2 Å². The second-order valence-corrected chi connectivity index (χ2v) is 3.52. The van der Waals surface area contributed by atoms with Gasteiger partial charge in [0.05, 0.1) is 23.3 Å². The lowest BCUT2D eigenvalue weighted by Gasteiger charge is -2.22. The third-order valence-corrected chi connectivity index (χ3v) is 2.49. The number of amides is 1. The monoisotopic (exact) mass is 211 g/mol. The largest absolute Gasteiger partial charge is 0.321 e. The molecule has 0 saturated heterocycles. The van der Waals surface area contributed by atoms with Crippen molar-refractivity contribution in [3.63, 3.8) is 0 Å². The van der Waals surface area contributed by atoms with E-state index in [4.69, 9.17) is 0 Å². The Morgan fingerprint density at radius 1 is 1.25 bits per heavy atom. The molecule has 0 fully saturated rings. The molecule has 0 atom stereocenters. The van der Waals surface area contributed by atoms with Crippen molar-refractivity contribution in [2.45, 2.75) is 0 Å². The van der Waals surface area contributed by atoms with Gasteiger partial charge in [0, 0.05) is 18.5 Å².